The van der Waals surface area contributed by atoms with E-state index in [1.54, 1.807) is 0 Å². The van der Waals surface area contributed by atoms with Crippen LogP contribution in [0.25, 0.3) is 0 Å². The Morgan fingerprint density at radius 2 is 2.12 bits per heavy atom. The molecule has 0 atom stereocenters. The summed E-state index contributed by atoms with van der Waals surface area (Å²) >= 11 is 0. The predicted octanol–water partition coefficient (Wildman–Crippen LogP) is 2.39. The number of para-hydroxylation sites is 2. The summed E-state index contributed by atoms with van der Waals surface area (Å²) in [6.45, 7) is 5.03. The first-order valence-corrected chi connectivity index (χ1v) is 5.55. The lowest BCUT2D eigenvalue weighted by Crippen LogP contribution is -2.03. The minimum Gasteiger partial charge on any atom is -0.492 e. The van der Waals surface area contributed by atoms with Gasteiger partial charge < -0.3 is 10.1 Å². The lowest BCUT2D eigenvalue weighted by molar-refractivity contribution is 0.301. The number of hydrogen-bond donors (Lipinski definition) is 1. The second kappa shape index (κ2) is 5.34. The van der Waals surface area contributed by atoms with Gasteiger partial charge in [-0.3, -0.25) is 0 Å². The molecule has 0 amide bonds. The fraction of sp³-hybridized carbons (Fsp3) is 0.333. The number of ether oxygens (including phenoxy) is 1. The van der Waals surface area contributed by atoms with Crippen LogP contribution in [-0.4, -0.2) is 16.9 Å². The van der Waals surface area contributed by atoms with E-state index in [1.807, 2.05) is 38.1 Å². The summed E-state index contributed by atoms with van der Waals surface area (Å²) in [5, 5.41) is 10.8. The van der Waals surface area contributed by atoms with Gasteiger partial charge in [0.2, 0.25) is 0 Å². The first-order chi connectivity index (χ1) is 8.31. The molecule has 1 aromatic heterocycles. The van der Waals surface area contributed by atoms with E-state index in [4.69, 9.17) is 4.74 Å². The number of nitrogens with one attached hydrogen (secondary N) is 1. The van der Waals surface area contributed by atoms with Gasteiger partial charge in [0.25, 0.3) is 0 Å². The van der Waals surface area contributed by atoms with Gasteiger partial charge >= 0.3 is 0 Å². The molecule has 0 fully saturated rings. The van der Waals surface area contributed by atoms with Crippen LogP contribution in [0.3, 0.4) is 0 Å². The van der Waals surface area contributed by atoms with E-state index in [0.717, 1.165) is 22.8 Å². The largest absolute Gasteiger partial charge is 0.492 e. The summed E-state index contributed by atoms with van der Waals surface area (Å²) in [4.78, 5) is 0. The van der Waals surface area contributed by atoms with E-state index in [0.29, 0.717) is 13.2 Å². The van der Waals surface area contributed by atoms with Crippen LogP contribution in [0.5, 0.6) is 5.75 Å². The third-order valence-electron chi connectivity index (χ3n) is 2.38. The molecule has 2 rings (SSSR count). The van der Waals surface area contributed by atoms with Crippen molar-refractivity contribution in [2.75, 3.05) is 11.9 Å². The third-order valence-corrected chi connectivity index (χ3v) is 2.38. The highest BCUT2D eigenvalue weighted by Gasteiger charge is 2.06. The van der Waals surface area contributed by atoms with E-state index in [-0.39, 0.29) is 0 Å². The zero-order valence-corrected chi connectivity index (χ0v) is 9.93. The van der Waals surface area contributed by atoms with E-state index in [9.17, 15) is 0 Å². The normalized spacial score (nSPS) is 10.2. The maximum atomic E-state index is 5.52. The van der Waals surface area contributed by atoms with Crippen LogP contribution < -0.4 is 10.1 Å². The molecule has 0 bridgehead atoms. The second-order valence-electron chi connectivity index (χ2n) is 3.58. The second-order valence-corrected chi connectivity index (χ2v) is 3.58. The molecule has 1 aromatic carbocycles. The molecule has 0 aliphatic rings. The Balaban J connectivity index is 2.06. The van der Waals surface area contributed by atoms with Gasteiger partial charge in [-0.15, -0.1) is 0 Å². The van der Waals surface area contributed by atoms with Crippen LogP contribution in [0, 0.1) is 6.92 Å². The molecular weight excluding hydrogens is 218 g/mol. The minimum absolute atomic E-state index is 0.569. The maximum absolute atomic E-state index is 5.52. The quantitative estimate of drug-likeness (QED) is 0.859. The summed E-state index contributed by atoms with van der Waals surface area (Å²) in [6.07, 6.45) is 0. The first kappa shape index (κ1) is 11.4. The average Bonchev–Trinajstić information content (AvgIpc) is 2.74. The van der Waals surface area contributed by atoms with Gasteiger partial charge in [0, 0.05) is 0 Å². The van der Waals surface area contributed by atoms with Gasteiger partial charge in [-0.1, -0.05) is 22.4 Å². The molecule has 17 heavy (non-hydrogen) atoms. The highest BCUT2D eigenvalue weighted by Crippen LogP contribution is 2.24. The Labute approximate surface area is 99.7 Å². The van der Waals surface area contributed by atoms with Gasteiger partial charge in [-0.25, -0.2) is 4.63 Å². The van der Waals surface area contributed by atoms with Crippen LogP contribution in [0.1, 0.15) is 18.3 Å². The third kappa shape index (κ3) is 2.75. The Kier molecular flexibility index (Phi) is 3.59. The molecule has 5 heteroatoms. The highest BCUT2D eigenvalue weighted by molar-refractivity contribution is 5.56. The molecular formula is C12H15N3O2. The molecule has 0 spiro atoms. The SMILES string of the molecule is CCOc1ccccc1NCc1nonc1C. The van der Waals surface area contributed by atoms with Gasteiger partial charge in [0.1, 0.15) is 17.1 Å². The Hall–Kier alpha value is -2.04. The molecule has 0 aliphatic carbocycles. The Morgan fingerprint density at radius 1 is 1.29 bits per heavy atom. The van der Waals surface area contributed by atoms with E-state index in [2.05, 4.69) is 20.3 Å². The molecule has 1 heterocycles. The molecule has 0 unspecified atom stereocenters. The number of anilines is 1. The fourth-order valence-electron chi connectivity index (χ4n) is 1.48. The fourth-order valence-corrected chi connectivity index (χ4v) is 1.48. The summed E-state index contributed by atoms with van der Waals surface area (Å²) in [6, 6.07) is 7.80. The molecule has 0 aliphatic heterocycles. The predicted molar refractivity (Wildman–Crippen MR) is 64.0 cm³/mol. The van der Waals surface area contributed by atoms with Crippen molar-refractivity contribution < 1.29 is 9.37 Å². The van der Waals surface area contributed by atoms with Crippen molar-refractivity contribution in [3.8, 4) is 5.75 Å². The smallest absolute Gasteiger partial charge is 0.142 e. The lowest BCUT2D eigenvalue weighted by atomic mass is 10.2. The van der Waals surface area contributed by atoms with Gasteiger partial charge in [0.05, 0.1) is 18.8 Å². The summed E-state index contributed by atoms with van der Waals surface area (Å²) in [7, 11) is 0. The molecule has 1 N–H and O–H groups in total. The molecule has 90 valence electrons. The van der Waals surface area contributed by atoms with Crippen LogP contribution in [0.2, 0.25) is 0 Å². The molecule has 0 saturated carbocycles. The Morgan fingerprint density at radius 3 is 2.82 bits per heavy atom. The van der Waals surface area contributed by atoms with Gasteiger partial charge in [-0.05, 0) is 26.0 Å². The average molecular weight is 233 g/mol. The zero-order chi connectivity index (χ0) is 12.1. The number of aromatic nitrogens is 2. The zero-order valence-electron chi connectivity index (χ0n) is 9.93. The van der Waals surface area contributed by atoms with Crippen molar-refractivity contribution in [1.29, 1.82) is 0 Å². The Bertz CT molecular complexity index is 482. The molecule has 0 saturated heterocycles. The lowest BCUT2D eigenvalue weighted by Gasteiger charge is -2.10. The monoisotopic (exact) mass is 233 g/mol. The molecule has 2 aromatic rings. The van der Waals surface area contributed by atoms with Crippen molar-refractivity contribution in [1.82, 2.24) is 10.3 Å². The first-order valence-electron chi connectivity index (χ1n) is 5.55. The van der Waals surface area contributed by atoms with Crippen LogP contribution in [-0.2, 0) is 6.54 Å². The van der Waals surface area contributed by atoms with Crippen molar-refractivity contribution in [3.05, 3.63) is 35.7 Å². The highest BCUT2D eigenvalue weighted by atomic mass is 16.6. The number of aryl methyl sites for hydroxylation is 1. The summed E-state index contributed by atoms with van der Waals surface area (Å²) in [5.74, 6) is 0.837. The number of nitrogens with zero attached hydrogens (tertiary/aromatic N) is 2. The maximum Gasteiger partial charge on any atom is 0.142 e. The van der Waals surface area contributed by atoms with Crippen molar-refractivity contribution in [2.45, 2.75) is 20.4 Å². The van der Waals surface area contributed by atoms with Crippen LogP contribution in [0.15, 0.2) is 28.9 Å². The van der Waals surface area contributed by atoms with Crippen molar-refractivity contribution in [2.24, 2.45) is 0 Å². The van der Waals surface area contributed by atoms with Gasteiger partial charge in [-0.2, -0.15) is 0 Å². The van der Waals surface area contributed by atoms with E-state index < -0.39 is 0 Å². The van der Waals surface area contributed by atoms with E-state index in [1.165, 1.54) is 0 Å². The van der Waals surface area contributed by atoms with Crippen molar-refractivity contribution in [3.63, 3.8) is 0 Å². The summed E-state index contributed by atoms with van der Waals surface area (Å²) < 4.78 is 10.2. The number of benzene rings is 1. The van der Waals surface area contributed by atoms with E-state index >= 15 is 0 Å². The van der Waals surface area contributed by atoms with Crippen LogP contribution >= 0.6 is 0 Å². The molecule has 5 nitrogen and oxygen atoms in total. The topological polar surface area (TPSA) is 60.2 Å². The minimum atomic E-state index is 0.569. The molecule has 0 radical (unpaired) electrons. The number of rotatable bonds is 5. The van der Waals surface area contributed by atoms with Gasteiger partial charge in [0.15, 0.2) is 0 Å². The van der Waals surface area contributed by atoms with Crippen molar-refractivity contribution >= 4 is 5.69 Å². The summed E-state index contributed by atoms with van der Waals surface area (Å²) in [5.41, 5.74) is 2.54. The van der Waals surface area contributed by atoms with Crippen LogP contribution in [0.4, 0.5) is 5.69 Å². The standard InChI is InChI=1S/C12H15N3O2/c1-3-16-12-7-5-4-6-10(12)13-8-11-9(2)14-17-15-11/h4-7,13H,3,8H2,1-2H3. The number of hydrogen-bond acceptors (Lipinski definition) is 5.